The molecular weight excluding hydrogens is 328 g/mol. The zero-order chi connectivity index (χ0) is 16.7. The molecule has 0 saturated carbocycles. The van der Waals surface area contributed by atoms with Gasteiger partial charge in [-0.2, -0.15) is 4.98 Å². The molecular formula is C17H13ClN4O2. The van der Waals surface area contributed by atoms with Crippen molar-refractivity contribution in [1.29, 1.82) is 0 Å². The second-order valence-electron chi connectivity index (χ2n) is 5.34. The number of aryl methyl sites for hydroxylation is 1. The van der Waals surface area contributed by atoms with Gasteiger partial charge in [0, 0.05) is 22.7 Å². The maximum atomic E-state index is 11.9. The highest BCUT2D eigenvalue weighted by Gasteiger charge is 2.13. The molecule has 0 aliphatic carbocycles. The quantitative estimate of drug-likeness (QED) is 0.616. The summed E-state index contributed by atoms with van der Waals surface area (Å²) < 4.78 is 7.00. The SMILES string of the molecule is CCn1c(=O)[nH]c2cc(-c3noc(-c4ccc(Cl)cc4)n3)ccc21. The Kier molecular flexibility index (Phi) is 3.46. The van der Waals surface area contributed by atoms with E-state index in [-0.39, 0.29) is 5.69 Å². The van der Waals surface area contributed by atoms with Crippen LogP contribution >= 0.6 is 11.6 Å². The molecule has 4 rings (SSSR count). The van der Waals surface area contributed by atoms with Crippen LogP contribution in [0.4, 0.5) is 0 Å². The number of fused-ring (bicyclic) bond motifs is 1. The molecule has 0 amide bonds. The Bertz CT molecular complexity index is 1080. The largest absolute Gasteiger partial charge is 0.334 e. The van der Waals surface area contributed by atoms with Crippen molar-refractivity contribution >= 4 is 22.6 Å². The van der Waals surface area contributed by atoms with Gasteiger partial charge in [-0.15, -0.1) is 0 Å². The average molecular weight is 341 g/mol. The van der Waals surface area contributed by atoms with Crippen LogP contribution in [0.3, 0.4) is 0 Å². The molecule has 0 spiro atoms. The number of nitrogens with zero attached hydrogens (tertiary/aromatic N) is 3. The van der Waals surface area contributed by atoms with Crippen molar-refractivity contribution in [1.82, 2.24) is 19.7 Å². The van der Waals surface area contributed by atoms with Gasteiger partial charge in [0.05, 0.1) is 11.0 Å². The van der Waals surface area contributed by atoms with Crippen LogP contribution in [-0.4, -0.2) is 19.7 Å². The third-order valence-electron chi connectivity index (χ3n) is 3.87. The summed E-state index contributed by atoms with van der Waals surface area (Å²) in [5, 5.41) is 4.67. The molecule has 0 unspecified atom stereocenters. The number of imidazole rings is 1. The van der Waals surface area contributed by atoms with E-state index < -0.39 is 0 Å². The first-order valence-corrected chi connectivity index (χ1v) is 7.86. The van der Waals surface area contributed by atoms with Crippen molar-refractivity contribution < 1.29 is 4.52 Å². The fraction of sp³-hybridized carbons (Fsp3) is 0.118. The lowest BCUT2D eigenvalue weighted by Crippen LogP contribution is -2.14. The molecule has 0 saturated heterocycles. The van der Waals surface area contributed by atoms with Gasteiger partial charge in [0.25, 0.3) is 5.89 Å². The van der Waals surface area contributed by atoms with Crippen LogP contribution in [0.1, 0.15) is 6.92 Å². The molecule has 0 fully saturated rings. The topological polar surface area (TPSA) is 76.7 Å². The maximum absolute atomic E-state index is 11.9. The van der Waals surface area contributed by atoms with Gasteiger partial charge in [0.2, 0.25) is 5.82 Å². The molecule has 0 radical (unpaired) electrons. The monoisotopic (exact) mass is 340 g/mol. The van der Waals surface area contributed by atoms with Crippen molar-refractivity contribution in [2.24, 2.45) is 0 Å². The molecule has 0 atom stereocenters. The van der Waals surface area contributed by atoms with E-state index in [0.717, 1.165) is 22.2 Å². The predicted octanol–water partition coefficient (Wildman–Crippen LogP) is 3.72. The Hall–Kier alpha value is -2.86. The van der Waals surface area contributed by atoms with Crippen molar-refractivity contribution in [3.8, 4) is 22.8 Å². The first-order chi connectivity index (χ1) is 11.7. The second-order valence-corrected chi connectivity index (χ2v) is 5.77. The number of aromatic amines is 1. The summed E-state index contributed by atoms with van der Waals surface area (Å²) in [7, 11) is 0. The number of nitrogens with one attached hydrogen (secondary N) is 1. The molecule has 0 aliphatic rings. The summed E-state index contributed by atoms with van der Waals surface area (Å²) in [6.45, 7) is 2.54. The van der Waals surface area contributed by atoms with Gasteiger partial charge in [-0.25, -0.2) is 4.79 Å². The van der Waals surface area contributed by atoms with Crippen molar-refractivity contribution in [2.75, 3.05) is 0 Å². The fourth-order valence-corrected chi connectivity index (χ4v) is 2.79. The van der Waals surface area contributed by atoms with Gasteiger partial charge in [-0.3, -0.25) is 4.57 Å². The van der Waals surface area contributed by atoms with Crippen LogP contribution in [0.15, 0.2) is 51.8 Å². The minimum absolute atomic E-state index is 0.125. The highest BCUT2D eigenvalue weighted by atomic mass is 35.5. The highest BCUT2D eigenvalue weighted by molar-refractivity contribution is 6.30. The van der Waals surface area contributed by atoms with E-state index in [2.05, 4.69) is 15.1 Å². The molecule has 2 heterocycles. The number of hydrogen-bond acceptors (Lipinski definition) is 4. The number of halogens is 1. The Morgan fingerprint density at radius 1 is 1.17 bits per heavy atom. The van der Waals surface area contributed by atoms with Crippen molar-refractivity contribution in [3.63, 3.8) is 0 Å². The molecule has 120 valence electrons. The minimum atomic E-state index is -0.125. The standard InChI is InChI=1S/C17H13ClN4O2/c1-2-22-14-8-5-11(9-13(14)19-17(22)23)15-20-16(24-21-15)10-3-6-12(18)7-4-10/h3-9H,2H2,1H3,(H,19,23). The van der Waals surface area contributed by atoms with Crippen LogP contribution < -0.4 is 5.69 Å². The van der Waals surface area contributed by atoms with Crippen LogP contribution in [-0.2, 0) is 6.54 Å². The number of H-pyrrole nitrogens is 1. The summed E-state index contributed by atoms with van der Waals surface area (Å²) >= 11 is 5.88. The number of aromatic nitrogens is 4. The fourth-order valence-electron chi connectivity index (χ4n) is 2.67. The van der Waals surface area contributed by atoms with E-state index in [1.54, 1.807) is 16.7 Å². The molecule has 2 aromatic carbocycles. The van der Waals surface area contributed by atoms with Crippen LogP contribution in [0.25, 0.3) is 33.9 Å². The Morgan fingerprint density at radius 3 is 2.67 bits per heavy atom. The minimum Gasteiger partial charge on any atom is -0.334 e. The summed E-state index contributed by atoms with van der Waals surface area (Å²) in [5.74, 6) is 0.883. The lowest BCUT2D eigenvalue weighted by Gasteiger charge is -1.98. The van der Waals surface area contributed by atoms with Gasteiger partial charge in [-0.05, 0) is 49.4 Å². The normalized spacial score (nSPS) is 11.2. The summed E-state index contributed by atoms with van der Waals surface area (Å²) in [4.78, 5) is 19.1. The van der Waals surface area contributed by atoms with E-state index in [1.807, 2.05) is 37.3 Å². The van der Waals surface area contributed by atoms with Crippen LogP contribution in [0.5, 0.6) is 0 Å². The molecule has 2 aromatic heterocycles. The average Bonchev–Trinajstić information content (AvgIpc) is 3.18. The molecule has 4 aromatic rings. The molecule has 1 N–H and O–H groups in total. The third-order valence-corrected chi connectivity index (χ3v) is 4.12. The third kappa shape index (κ3) is 2.41. The maximum Gasteiger partial charge on any atom is 0.326 e. The van der Waals surface area contributed by atoms with Crippen molar-refractivity contribution in [2.45, 2.75) is 13.5 Å². The molecule has 6 nitrogen and oxygen atoms in total. The van der Waals surface area contributed by atoms with Crippen LogP contribution in [0.2, 0.25) is 5.02 Å². The van der Waals surface area contributed by atoms with Gasteiger partial charge < -0.3 is 9.51 Å². The zero-order valence-corrected chi connectivity index (χ0v) is 13.5. The number of hydrogen-bond donors (Lipinski definition) is 1. The smallest absolute Gasteiger partial charge is 0.326 e. The Morgan fingerprint density at radius 2 is 1.92 bits per heavy atom. The lowest BCUT2D eigenvalue weighted by atomic mass is 10.2. The van der Waals surface area contributed by atoms with Crippen LogP contribution in [0, 0.1) is 0 Å². The van der Waals surface area contributed by atoms with E-state index in [1.165, 1.54) is 0 Å². The van der Waals surface area contributed by atoms with Gasteiger partial charge in [0.1, 0.15) is 0 Å². The van der Waals surface area contributed by atoms with E-state index in [9.17, 15) is 4.79 Å². The molecule has 0 aliphatic heterocycles. The second kappa shape index (κ2) is 5.65. The molecule has 0 bridgehead atoms. The molecule has 7 heteroatoms. The summed E-state index contributed by atoms with van der Waals surface area (Å²) in [6.07, 6.45) is 0. The van der Waals surface area contributed by atoms with E-state index in [0.29, 0.717) is 23.3 Å². The van der Waals surface area contributed by atoms with Gasteiger partial charge in [0.15, 0.2) is 0 Å². The highest BCUT2D eigenvalue weighted by Crippen LogP contribution is 2.25. The first kappa shape index (κ1) is 14.7. The van der Waals surface area contributed by atoms with E-state index in [4.69, 9.17) is 16.1 Å². The predicted molar refractivity (Wildman–Crippen MR) is 92.0 cm³/mol. The van der Waals surface area contributed by atoms with E-state index >= 15 is 0 Å². The Labute approximate surface area is 141 Å². The van der Waals surface area contributed by atoms with Gasteiger partial charge >= 0.3 is 5.69 Å². The Balaban J connectivity index is 1.75. The van der Waals surface area contributed by atoms with Crippen molar-refractivity contribution in [3.05, 3.63) is 58.0 Å². The number of benzene rings is 2. The summed E-state index contributed by atoms with van der Waals surface area (Å²) in [5.41, 5.74) is 3.05. The zero-order valence-electron chi connectivity index (χ0n) is 12.8. The van der Waals surface area contributed by atoms with Gasteiger partial charge in [-0.1, -0.05) is 16.8 Å². The molecule has 24 heavy (non-hydrogen) atoms. The number of rotatable bonds is 3. The lowest BCUT2D eigenvalue weighted by molar-refractivity contribution is 0.432. The first-order valence-electron chi connectivity index (χ1n) is 7.48. The summed E-state index contributed by atoms with van der Waals surface area (Å²) in [6, 6.07) is 12.8.